The molecule has 73 valence electrons. The van der Waals surface area contributed by atoms with E-state index in [1.807, 2.05) is 0 Å². The Morgan fingerprint density at radius 2 is 1.67 bits per heavy atom. The maximum atomic E-state index is 12.4. The van der Waals surface area contributed by atoms with E-state index in [-0.39, 0.29) is 13.3 Å². The van der Waals surface area contributed by atoms with Crippen molar-refractivity contribution < 1.29 is 22.0 Å². The van der Waals surface area contributed by atoms with E-state index in [0.29, 0.717) is 0 Å². The highest BCUT2D eigenvalue weighted by molar-refractivity contribution is 4.85. The molecule has 0 aromatic carbocycles. The molecule has 12 heavy (non-hydrogen) atoms. The highest BCUT2D eigenvalue weighted by atomic mass is 19.3. The third kappa shape index (κ3) is 2.95. The molecule has 0 unspecified atom stereocenters. The molecule has 0 aromatic heterocycles. The van der Waals surface area contributed by atoms with Crippen LogP contribution in [0.15, 0.2) is 0 Å². The predicted octanol–water partition coefficient (Wildman–Crippen LogP) is 3.23. The Bertz CT molecular complexity index is 137. The van der Waals surface area contributed by atoms with Gasteiger partial charge in [-0.25, -0.2) is 22.0 Å². The first-order valence-electron chi connectivity index (χ1n) is 3.41. The Kier molecular flexibility index (Phi) is 3.47. The summed E-state index contributed by atoms with van der Waals surface area (Å²) in [5.74, 6) is -7.99. The van der Waals surface area contributed by atoms with Gasteiger partial charge in [-0.05, 0) is 6.42 Å². The van der Waals surface area contributed by atoms with Crippen molar-refractivity contribution in [2.75, 3.05) is 0 Å². The van der Waals surface area contributed by atoms with Crippen LogP contribution in [0.1, 0.15) is 19.8 Å². The summed E-state index contributed by atoms with van der Waals surface area (Å²) in [6, 6.07) is 0. The molecule has 0 aliphatic rings. The summed E-state index contributed by atoms with van der Waals surface area (Å²) in [7, 11) is 0. The van der Waals surface area contributed by atoms with Crippen molar-refractivity contribution in [1.29, 1.82) is 0 Å². The topological polar surface area (TPSA) is 0 Å². The molecule has 1 atom stereocenters. The normalized spacial score (nSPS) is 16.2. The van der Waals surface area contributed by atoms with Gasteiger partial charge in [0.05, 0.1) is 0 Å². The van der Waals surface area contributed by atoms with Crippen molar-refractivity contribution in [3.8, 4) is 0 Å². The van der Waals surface area contributed by atoms with Gasteiger partial charge in [-0.2, -0.15) is 0 Å². The van der Waals surface area contributed by atoms with E-state index in [2.05, 4.69) is 6.92 Å². The zero-order valence-electron chi connectivity index (χ0n) is 6.59. The van der Waals surface area contributed by atoms with Gasteiger partial charge in [0, 0.05) is 13.3 Å². The van der Waals surface area contributed by atoms with Gasteiger partial charge in [0.1, 0.15) is 0 Å². The Labute approximate surface area is 67.8 Å². The predicted molar refractivity (Wildman–Crippen MR) is 35.1 cm³/mol. The molecule has 0 fully saturated rings. The molecule has 0 bridgehead atoms. The molecule has 0 spiro atoms. The third-order valence-corrected chi connectivity index (χ3v) is 1.33. The van der Waals surface area contributed by atoms with Gasteiger partial charge >= 0.3 is 0 Å². The fourth-order valence-corrected chi connectivity index (χ4v) is 0.733. The van der Waals surface area contributed by atoms with Crippen LogP contribution in [0.3, 0.4) is 0 Å². The van der Waals surface area contributed by atoms with Crippen molar-refractivity contribution >= 4 is 0 Å². The van der Waals surface area contributed by atoms with Crippen LogP contribution in [0, 0.1) is 6.92 Å². The van der Waals surface area contributed by atoms with Crippen molar-refractivity contribution in [3.63, 3.8) is 0 Å². The SMILES string of the molecule is [CH2]CCC(F)(F)[C@@H](F)C(C)(F)F. The molecule has 0 N–H and O–H groups in total. The van der Waals surface area contributed by atoms with E-state index in [0.717, 1.165) is 0 Å². The number of alkyl halides is 5. The molecule has 0 aromatic rings. The largest absolute Gasteiger partial charge is 0.284 e. The molecule has 1 radical (unpaired) electrons. The second kappa shape index (κ2) is 3.58. The average molecular weight is 189 g/mol. The Morgan fingerprint density at radius 3 is 1.92 bits per heavy atom. The third-order valence-electron chi connectivity index (χ3n) is 1.33. The summed E-state index contributed by atoms with van der Waals surface area (Å²) in [4.78, 5) is 0. The summed E-state index contributed by atoms with van der Waals surface area (Å²) in [5, 5.41) is 0. The van der Waals surface area contributed by atoms with Crippen LogP contribution >= 0.6 is 0 Å². The van der Waals surface area contributed by atoms with Crippen molar-refractivity contribution in [2.45, 2.75) is 37.8 Å². The van der Waals surface area contributed by atoms with Crippen LogP contribution in [-0.4, -0.2) is 18.0 Å². The number of halogens is 5. The lowest BCUT2D eigenvalue weighted by Gasteiger charge is -2.24. The second-order valence-corrected chi connectivity index (χ2v) is 2.68. The van der Waals surface area contributed by atoms with Crippen LogP contribution in [-0.2, 0) is 0 Å². The summed E-state index contributed by atoms with van der Waals surface area (Å²) < 4.78 is 61.3. The fraction of sp³-hybridized carbons (Fsp3) is 0.857. The number of hydrogen-bond acceptors (Lipinski definition) is 0. The zero-order chi connectivity index (χ0) is 9.99. The van der Waals surface area contributed by atoms with Gasteiger partial charge in [0.2, 0.25) is 6.17 Å². The highest BCUT2D eigenvalue weighted by Gasteiger charge is 2.52. The standard InChI is InChI=1S/C7H10F5/c1-3-4-7(11,12)5(8)6(2,9)10/h5H,1,3-4H2,2H3/t5-/m0/s1. The number of hydrogen-bond donors (Lipinski definition) is 0. The summed E-state index contributed by atoms with van der Waals surface area (Å²) in [5.41, 5.74) is 0. The van der Waals surface area contributed by atoms with Crippen LogP contribution < -0.4 is 0 Å². The van der Waals surface area contributed by atoms with E-state index >= 15 is 0 Å². The molecular formula is C7H10F5. The second-order valence-electron chi connectivity index (χ2n) is 2.68. The van der Waals surface area contributed by atoms with Crippen LogP contribution in [0.2, 0.25) is 0 Å². The zero-order valence-corrected chi connectivity index (χ0v) is 6.59. The van der Waals surface area contributed by atoms with E-state index in [9.17, 15) is 22.0 Å². The maximum Gasteiger partial charge on any atom is 0.284 e. The molecule has 0 rings (SSSR count). The van der Waals surface area contributed by atoms with Crippen molar-refractivity contribution in [3.05, 3.63) is 6.92 Å². The molecular weight excluding hydrogens is 179 g/mol. The van der Waals surface area contributed by atoms with Crippen LogP contribution in [0.5, 0.6) is 0 Å². The molecule has 0 nitrogen and oxygen atoms in total. The highest BCUT2D eigenvalue weighted by Crippen LogP contribution is 2.36. The minimum absolute atomic E-state index is 0.134. The quantitative estimate of drug-likeness (QED) is 0.595. The molecule has 0 aliphatic carbocycles. The van der Waals surface area contributed by atoms with Crippen molar-refractivity contribution in [2.24, 2.45) is 0 Å². The van der Waals surface area contributed by atoms with Gasteiger partial charge in [0.15, 0.2) is 0 Å². The smallest absolute Gasteiger partial charge is 0.234 e. The first kappa shape index (κ1) is 11.6. The lowest BCUT2D eigenvalue weighted by molar-refractivity contribution is -0.174. The molecule has 0 saturated heterocycles. The molecule has 0 heterocycles. The summed E-state index contributed by atoms with van der Waals surface area (Å²) in [6.07, 6.45) is -4.66. The Morgan fingerprint density at radius 1 is 1.25 bits per heavy atom. The monoisotopic (exact) mass is 189 g/mol. The minimum Gasteiger partial charge on any atom is -0.234 e. The molecule has 0 aliphatic heterocycles. The van der Waals surface area contributed by atoms with E-state index in [1.54, 1.807) is 0 Å². The summed E-state index contributed by atoms with van der Waals surface area (Å²) >= 11 is 0. The first-order chi connectivity index (χ1) is 5.22. The molecule has 5 heteroatoms. The minimum atomic E-state index is -4.00. The van der Waals surface area contributed by atoms with Gasteiger partial charge < -0.3 is 0 Å². The molecule has 0 saturated carbocycles. The first-order valence-corrected chi connectivity index (χ1v) is 3.41. The van der Waals surface area contributed by atoms with Gasteiger partial charge in [-0.1, -0.05) is 6.92 Å². The van der Waals surface area contributed by atoms with Gasteiger partial charge in [-0.3, -0.25) is 0 Å². The van der Waals surface area contributed by atoms with E-state index in [1.165, 1.54) is 0 Å². The Balaban J connectivity index is 4.34. The lowest BCUT2D eigenvalue weighted by atomic mass is 10.0. The molecule has 0 amide bonds. The Hall–Kier alpha value is -0.350. The van der Waals surface area contributed by atoms with Crippen LogP contribution in [0.4, 0.5) is 22.0 Å². The number of rotatable bonds is 4. The van der Waals surface area contributed by atoms with E-state index in [4.69, 9.17) is 0 Å². The van der Waals surface area contributed by atoms with Crippen LogP contribution in [0.25, 0.3) is 0 Å². The van der Waals surface area contributed by atoms with Gasteiger partial charge in [0.25, 0.3) is 11.8 Å². The van der Waals surface area contributed by atoms with Gasteiger partial charge in [-0.15, -0.1) is 0 Å². The maximum absolute atomic E-state index is 12.4. The lowest BCUT2D eigenvalue weighted by Crippen LogP contribution is -2.42. The van der Waals surface area contributed by atoms with E-state index < -0.39 is 24.4 Å². The average Bonchev–Trinajstić information content (AvgIpc) is 1.84. The fourth-order valence-electron chi connectivity index (χ4n) is 0.733. The summed E-state index contributed by atoms with van der Waals surface area (Å²) in [6.45, 7) is 3.18. The van der Waals surface area contributed by atoms with Crippen molar-refractivity contribution in [1.82, 2.24) is 0 Å².